The zero-order valence-corrected chi connectivity index (χ0v) is 13.7. The van der Waals surface area contributed by atoms with Gasteiger partial charge >= 0.3 is 5.97 Å². The van der Waals surface area contributed by atoms with E-state index in [1.165, 1.54) is 7.11 Å². The van der Waals surface area contributed by atoms with Crippen LogP contribution in [-0.2, 0) is 9.53 Å². The molecule has 1 atom stereocenters. The first-order valence-electron chi connectivity index (χ1n) is 7.22. The minimum Gasteiger partial charge on any atom is -0.467 e. The minimum absolute atomic E-state index is 0.221. The SMILES string of the molecule is COC(=O)C(CC(C)C)NC(=O)c1c(C)cc(C)cc1C. The number of hydrogen-bond donors (Lipinski definition) is 1. The van der Waals surface area contributed by atoms with Crippen LogP contribution in [0.3, 0.4) is 0 Å². The molecule has 1 rings (SSSR count). The Balaban J connectivity index is 2.99. The van der Waals surface area contributed by atoms with E-state index in [-0.39, 0.29) is 11.8 Å². The van der Waals surface area contributed by atoms with Gasteiger partial charge in [0.05, 0.1) is 7.11 Å². The van der Waals surface area contributed by atoms with Crippen molar-refractivity contribution in [1.29, 1.82) is 0 Å². The number of carbonyl (C=O) groups excluding carboxylic acids is 2. The van der Waals surface area contributed by atoms with Crippen molar-refractivity contribution in [3.8, 4) is 0 Å². The highest BCUT2D eigenvalue weighted by Gasteiger charge is 2.24. The number of esters is 1. The first kappa shape index (κ1) is 17.2. The van der Waals surface area contributed by atoms with E-state index in [4.69, 9.17) is 4.74 Å². The van der Waals surface area contributed by atoms with Crippen LogP contribution >= 0.6 is 0 Å². The molecule has 0 heterocycles. The van der Waals surface area contributed by atoms with Gasteiger partial charge in [0.1, 0.15) is 6.04 Å². The smallest absolute Gasteiger partial charge is 0.328 e. The maximum absolute atomic E-state index is 12.5. The summed E-state index contributed by atoms with van der Waals surface area (Å²) in [6.45, 7) is 9.82. The maximum atomic E-state index is 12.5. The van der Waals surface area contributed by atoms with Crippen LogP contribution in [0, 0.1) is 26.7 Å². The Labute approximate surface area is 126 Å². The number of benzene rings is 1. The van der Waals surface area contributed by atoms with Gasteiger partial charge < -0.3 is 10.1 Å². The Morgan fingerprint density at radius 3 is 2.10 bits per heavy atom. The van der Waals surface area contributed by atoms with Gasteiger partial charge in [-0.05, 0) is 44.2 Å². The second-order valence-electron chi connectivity index (χ2n) is 5.95. The van der Waals surface area contributed by atoms with E-state index >= 15 is 0 Å². The Bertz CT molecular complexity index is 512. The highest BCUT2D eigenvalue weighted by molar-refractivity contribution is 5.99. The molecular formula is C17H25NO3. The lowest BCUT2D eigenvalue weighted by Gasteiger charge is -2.20. The van der Waals surface area contributed by atoms with Crippen molar-refractivity contribution in [2.24, 2.45) is 5.92 Å². The topological polar surface area (TPSA) is 55.4 Å². The van der Waals surface area contributed by atoms with Crippen LogP contribution in [0.4, 0.5) is 0 Å². The Morgan fingerprint density at radius 2 is 1.67 bits per heavy atom. The molecule has 0 fully saturated rings. The van der Waals surface area contributed by atoms with Crippen LogP contribution in [0.25, 0.3) is 0 Å². The van der Waals surface area contributed by atoms with Crippen LogP contribution in [0.5, 0.6) is 0 Å². The van der Waals surface area contributed by atoms with Gasteiger partial charge in [-0.3, -0.25) is 4.79 Å². The third-order valence-electron chi connectivity index (χ3n) is 3.40. The number of ether oxygens (including phenoxy) is 1. The molecule has 0 aliphatic carbocycles. The molecular weight excluding hydrogens is 266 g/mol. The summed E-state index contributed by atoms with van der Waals surface area (Å²) < 4.78 is 4.78. The second kappa shape index (κ2) is 7.25. The fraction of sp³-hybridized carbons (Fsp3) is 0.529. The molecule has 0 aromatic heterocycles. The normalized spacial score (nSPS) is 12.1. The van der Waals surface area contributed by atoms with E-state index in [0.717, 1.165) is 16.7 Å². The van der Waals surface area contributed by atoms with E-state index in [9.17, 15) is 9.59 Å². The van der Waals surface area contributed by atoms with E-state index in [1.807, 2.05) is 46.8 Å². The average Bonchev–Trinajstić information content (AvgIpc) is 2.35. The summed E-state index contributed by atoms with van der Waals surface area (Å²) in [5.74, 6) is -0.338. The largest absolute Gasteiger partial charge is 0.467 e. The number of methoxy groups -OCH3 is 1. The molecule has 4 nitrogen and oxygen atoms in total. The number of nitrogens with one attached hydrogen (secondary N) is 1. The minimum atomic E-state index is -0.609. The van der Waals surface area contributed by atoms with Gasteiger partial charge in [0.2, 0.25) is 0 Å². The molecule has 0 aliphatic rings. The van der Waals surface area contributed by atoms with Crippen molar-refractivity contribution in [2.75, 3.05) is 7.11 Å². The predicted molar refractivity (Wildman–Crippen MR) is 83.4 cm³/mol. The third-order valence-corrected chi connectivity index (χ3v) is 3.40. The van der Waals surface area contributed by atoms with Crippen LogP contribution < -0.4 is 5.32 Å². The van der Waals surface area contributed by atoms with E-state index in [1.54, 1.807) is 0 Å². The number of aryl methyl sites for hydroxylation is 3. The molecule has 4 heteroatoms. The van der Waals surface area contributed by atoms with Crippen molar-refractivity contribution < 1.29 is 14.3 Å². The van der Waals surface area contributed by atoms with Crippen LogP contribution in [-0.4, -0.2) is 25.0 Å². The highest BCUT2D eigenvalue weighted by Crippen LogP contribution is 2.17. The van der Waals surface area contributed by atoms with Crippen molar-refractivity contribution in [3.63, 3.8) is 0 Å². The van der Waals surface area contributed by atoms with Gasteiger partial charge in [-0.1, -0.05) is 31.5 Å². The molecule has 1 aromatic rings. The zero-order chi connectivity index (χ0) is 16.2. The van der Waals surface area contributed by atoms with Crippen molar-refractivity contribution >= 4 is 11.9 Å². The molecule has 0 aliphatic heterocycles. The van der Waals surface area contributed by atoms with Crippen molar-refractivity contribution in [1.82, 2.24) is 5.32 Å². The number of hydrogen-bond acceptors (Lipinski definition) is 3. The van der Waals surface area contributed by atoms with E-state index in [2.05, 4.69) is 5.32 Å². The highest BCUT2D eigenvalue weighted by atomic mass is 16.5. The van der Waals surface area contributed by atoms with Gasteiger partial charge in [0.15, 0.2) is 0 Å². The lowest BCUT2D eigenvalue weighted by atomic mass is 9.98. The van der Waals surface area contributed by atoms with E-state index < -0.39 is 12.0 Å². The van der Waals surface area contributed by atoms with Gasteiger partial charge in [0, 0.05) is 5.56 Å². The molecule has 0 saturated carbocycles. The van der Waals surface area contributed by atoms with Gasteiger partial charge in [-0.25, -0.2) is 4.79 Å². The van der Waals surface area contributed by atoms with E-state index in [0.29, 0.717) is 12.0 Å². The third kappa shape index (κ3) is 4.59. The molecule has 0 radical (unpaired) electrons. The van der Waals surface area contributed by atoms with Crippen LogP contribution in [0.1, 0.15) is 47.3 Å². The standard InChI is InChI=1S/C17H25NO3/c1-10(2)7-14(17(20)21-6)18-16(19)15-12(4)8-11(3)9-13(15)5/h8-10,14H,7H2,1-6H3,(H,18,19). The van der Waals surface area contributed by atoms with Crippen molar-refractivity contribution in [2.45, 2.75) is 47.1 Å². The Morgan fingerprint density at radius 1 is 1.14 bits per heavy atom. The summed E-state index contributed by atoms with van der Waals surface area (Å²) in [4.78, 5) is 24.3. The van der Waals surface area contributed by atoms with Crippen molar-refractivity contribution in [3.05, 3.63) is 34.4 Å². The molecule has 21 heavy (non-hydrogen) atoms. The van der Waals surface area contributed by atoms with Crippen LogP contribution in [0.2, 0.25) is 0 Å². The monoisotopic (exact) mass is 291 g/mol. The maximum Gasteiger partial charge on any atom is 0.328 e. The fourth-order valence-electron chi connectivity index (χ4n) is 2.60. The number of carbonyl (C=O) groups is 2. The van der Waals surface area contributed by atoms with Crippen LogP contribution in [0.15, 0.2) is 12.1 Å². The summed E-state index contributed by atoms with van der Waals surface area (Å²) in [7, 11) is 1.34. The molecule has 1 N–H and O–H groups in total. The first-order chi connectivity index (χ1) is 9.76. The lowest BCUT2D eigenvalue weighted by molar-refractivity contribution is -0.143. The Kier molecular flexibility index (Phi) is 5.94. The molecule has 1 amide bonds. The molecule has 1 unspecified atom stereocenters. The second-order valence-corrected chi connectivity index (χ2v) is 5.95. The first-order valence-corrected chi connectivity index (χ1v) is 7.22. The lowest BCUT2D eigenvalue weighted by Crippen LogP contribution is -2.42. The quantitative estimate of drug-likeness (QED) is 0.849. The summed E-state index contributed by atoms with van der Waals surface area (Å²) in [6, 6.07) is 3.33. The molecule has 1 aromatic carbocycles. The summed E-state index contributed by atoms with van der Waals surface area (Å²) in [6.07, 6.45) is 0.558. The Hall–Kier alpha value is -1.84. The zero-order valence-electron chi connectivity index (χ0n) is 13.7. The van der Waals surface area contributed by atoms with Gasteiger partial charge in [0.25, 0.3) is 5.91 Å². The fourth-order valence-corrected chi connectivity index (χ4v) is 2.60. The molecule has 116 valence electrons. The molecule has 0 bridgehead atoms. The molecule has 0 spiro atoms. The summed E-state index contributed by atoms with van der Waals surface area (Å²) >= 11 is 0. The van der Waals surface area contributed by atoms with Gasteiger partial charge in [-0.2, -0.15) is 0 Å². The molecule has 0 saturated heterocycles. The number of rotatable bonds is 5. The predicted octanol–water partition coefficient (Wildman–Crippen LogP) is 2.93. The number of amides is 1. The van der Waals surface area contributed by atoms with Gasteiger partial charge in [-0.15, -0.1) is 0 Å². The average molecular weight is 291 g/mol. The summed E-state index contributed by atoms with van der Waals surface area (Å²) in [5.41, 5.74) is 3.59. The summed E-state index contributed by atoms with van der Waals surface area (Å²) in [5, 5.41) is 2.80.